The Morgan fingerprint density at radius 2 is 1.68 bits per heavy atom. The molecule has 5 nitrogen and oxygen atoms in total. The van der Waals surface area contributed by atoms with Crippen molar-refractivity contribution in [1.82, 2.24) is 4.31 Å². The molecule has 1 aliphatic heterocycles. The van der Waals surface area contributed by atoms with Crippen LogP contribution in [0.1, 0.15) is 11.1 Å². The smallest absolute Gasteiger partial charge is 0.243 e. The van der Waals surface area contributed by atoms with E-state index >= 15 is 0 Å². The molecule has 0 unspecified atom stereocenters. The topological polar surface area (TPSA) is 55.8 Å². The number of rotatable bonds is 3. The van der Waals surface area contributed by atoms with E-state index < -0.39 is 10.0 Å². The van der Waals surface area contributed by atoms with Crippen molar-refractivity contribution in [3.63, 3.8) is 0 Å². The molecule has 0 bridgehead atoms. The van der Waals surface area contributed by atoms with Crippen LogP contribution in [0.25, 0.3) is 0 Å². The van der Waals surface area contributed by atoms with Gasteiger partial charge in [-0.25, -0.2) is 8.42 Å². The second-order valence-corrected chi connectivity index (χ2v) is 6.48. The van der Waals surface area contributed by atoms with Crippen LogP contribution >= 0.6 is 0 Å². The van der Waals surface area contributed by atoms with Gasteiger partial charge in [-0.05, 0) is 37.1 Å². The van der Waals surface area contributed by atoms with Crippen LogP contribution < -0.4 is 4.74 Å². The van der Waals surface area contributed by atoms with Gasteiger partial charge in [-0.2, -0.15) is 4.31 Å². The lowest BCUT2D eigenvalue weighted by atomic mass is 10.1. The molecule has 1 aromatic carbocycles. The average molecular weight is 285 g/mol. The monoisotopic (exact) mass is 285 g/mol. The lowest BCUT2D eigenvalue weighted by Crippen LogP contribution is -2.41. The van der Waals surface area contributed by atoms with E-state index in [4.69, 9.17) is 9.47 Å². The second-order valence-electron chi connectivity index (χ2n) is 4.61. The Morgan fingerprint density at radius 1 is 1.16 bits per heavy atom. The Morgan fingerprint density at radius 3 is 2.16 bits per heavy atom. The summed E-state index contributed by atoms with van der Waals surface area (Å²) >= 11 is 0. The summed E-state index contributed by atoms with van der Waals surface area (Å²) in [6.45, 7) is 5.31. The molecule has 6 heteroatoms. The maximum Gasteiger partial charge on any atom is 0.243 e. The minimum absolute atomic E-state index is 0.384. The summed E-state index contributed by atoms with van der Waals surface area (Å²) in [5, 5.41) is 0. The highest BCUT2D eigenvalue weighted by Gasteiger charge is 2.29. The molecule has 0 aliphatic carbocycles. The van der Waals surface area contributed by atoms with Gasteiger partial charge in [0, 0.05) is 13.1 Å². The summed E-state index contributed by atoms with van der Waals surface area (Å²) in [6.07, 6.45) is 0. The van der Waals surface area contributed by atoms with E-state index in [2.05, 4.69) is 0 Å². The SMILES string of the molecule is COc1cc(C)c(S(=O)(=O)N2CCOCC2)c(C)c1. The second kappa shape index (κ2) is 5.48. The lowest BCUT2D eigenvalue weighted by Gasteiger charge is -2.27. The summed E-state index contributed by atoms with van der Waals surface area (Å²) in [6, 6.07) is 3.50. The molecule has 1 fully saturated rings. The molecular formula is C13H19NO4S. The maximum absolute atomic E-state index is 12.7. The van der Waals surface area contributed by atoms with Gasteiger partial charge in [0.2, 0.25) is 10.0 Å². The molecule has 19 heavy (non-hydrogen) atoms. The summed E-state index contributed by atoms with van der Waals surface area (Å²) in [5.41, 5.74) is 1.42. The Bertz CT molecular complexity index is 539. The van der Waals surface area contributed by atoms with Gasteiger partial charge in [0.25, 0.3) is 0 Å². The zero-order chi connectivity index (χ0) is 14.0. The molecule has 0 N–H and O–H groups in total. The lowest BCUT2D eigenvalue weighted by molar-refractivity contribution is 0.0730. The van der Waals surface area contributed by atoms with E-state index in [1.54, 1.807) is 33.1 Å². The summed E-state index contributed by atoms with van der Waals surface area (Å²) < 4.78 is 37.2. The molecule has 0 aromatic heterocycles. The maximum atomic E-state index is 12.7. The molecule has 0 spiro atoms. The third-order valence-electron chi connectivity index (χ3n) is 3.24. The first-order chi connectivity index (χ1) is 8.96. The number of morpholine rings is 1. The number of benzene rings is 1. The van der Waals surface area contributed by atoms with E-state index in [9.17, 15) is 8.42 Å². The molecule has 0 amide bonds. The van der Waals surface area contributed by atoms with Gasteiger partial charge < -0.3 is 9.47 Å². The quantitative estimate of drug-likeness (QED) is 0.841. The van der Waals surface area contributed by atoms with Crippen LogP contribution in [0.15, 0.2) is 17.0 Å². The van der Waals surface area contributed by atoms with Crippen molar-refractivity contribution < 1.29 is 17.9 Å². The number of aryl methyl sites for hydroxylation is 2. The van der Waals surface area contributed by atoms with E-state index in [-0.39, 0.29) is 0 Å². The normalized spacial score (nSPS) is 17.4. The van der Waals surface area contributed by atoms with Gasteiger partial charge >= 0.3 is 0 Å². The fourth-order valence-electron chi connectivity index (χ4n) is 2.35. The van der Waals surface area contributed by atoms with E-state index in [1.165, 1.54) is 4.31 Å². The first-order valence-corrected chi connectivity index (χ1v) is 7.64. The van der Waals surface area contributed by atoms with Crippen molar-refractivity contribution in [1.29, 1.82) is 0 Å². The number of nitrogens with zero attached hydrogens (tertiary/aromatic N) is 1. The Labute approximate surface area is 114 Å². The molecule has 0 atom stereocenters. The van der Waals surface area contributed by atoms with Crippen LogP contribution in [-0.2, 0) is 14.8 Å². The minimum Gasteiger partial charge on any atom is -0.497 e. The number of hydrogen-bond donors (Lipinski definition) is 0. The van der Waals surface area contributed by atoms with Crippen LogP contribution in [0.2, 0.25) is 0 Å². The third kappa shape index (κ3) is 2.75. The number of ether oxygens (including phenoxy) is 2. The van der Waals surface area contributed by atoms with Crippen molar-refractivity contribution in [2.24, 2.45) is 0 Å². The molecule has 1 heterocycles. The van der Waals surface area contributed by atoms with Gasteiger partial charge in [-0.3, -0.25) is 0 Å². The molecular weight excluding hydrogens is 266 g/mol. The zero-order valence-electron chi connectivity index (χ0n) is 11.5. The highest BCUT2D eigenvalue weighted by Crippen LogP contribution is 2.28. The van der Waals surface area contributed by atoms with Crippen molar-refractivity contribution in [3.8, 4) is 5.75 Å². The van der Waals surface area contributed by atoms with Gasteiger partial charge in [-0.15, -0.1) is 0 Å². The molecule has 1 aliphatic rings. The first-order valence-electron chi connectivity index (χ1n) is 6.20. The van der Waals surface area contributed by atoms with Gasteiger partial charge in [0.1, 0.15) is 5.75 Å². The molecule has 0 radical (unpaired) electrons. The van der Waals surface area contributed by atoms with Crippen LogP contribution in [0.3, 0.4) is 0 Å². The van der Waals surface area contributed by atoms with Crippen molar-refractivity contribution in [2.45, 2.75) is 18.7 Å². The van der Waals surface area contributed by atoms with Crippen LogP contribution in [0.5, 0.6) is 5.75 Å². The van der Waals surface area contributed by atoms with Gasteiger partial charge in [0.15, 0.2) is 0 Å². The summed E-state index contributed by atoms with van der Waals surface area (Å²) in [5.74, 6) is 0.677. The average Bonchev–Trinajstić information content (AvgIpc) is 2.38. The molecule has 1 saturated heterocycles. The van der Waals surface area contributed by atoms with Gasteiger partial charge in [0.05, 0.1) is 25.2 Å². The van der Waals surface area contributed by atoms with Crippen LogP contribution in [-0.4, -0.2) is 46.1 Å². The van der Waals surface area contributed by atoms with Crippen molar-refractivity contribution in [3.05, 3.63) is 23.3 Å². The first kappa shape index (κ1) is 14.3. The number of sulfonamides is 1. The van der Waals surface area contributed by atoms with Crippen molar-refractivity contribution in [2.75, 3.05) is 33.4 Å². The molecule has 106 valence electrons. The zero-order valence-corrected chi connectivity index (χ0v) is 12.3. The minimum atomic E-state index is -3.45. The Balaban J connectivity index is 2.45. The fourth-order valence-corrected chi connectivity index (χ4v) is 4.17. The van der Waals surface area contributed by atoms with E-state index in [1.807, 2.05) is 0 Å². The third-order valence-corrected chi connectivity index (χ3v) is 5.44. The highest BCUT2D eigenvalue weighted by molar-refractivity contribution is 7.89. The summed E-state index contributed by atoms with van der Waals surface area (Å²) in [4.78, 5) is 0.384. The fraction of sp³-hybridized carbons (Fsp3) is 0.538. The molecule has 0 saturated carbocycles. The van der Waals surface area contributed by atoms with Crippen LogP contribution in [0, 0.1) is 13.8 Å². The summed E-state index contributed by atoms with van der Waals surface area (Å²) in [7, 11) is -1.88. The Hall–Kier alpha value is -1.11. The van der Waals surface area contributed by atoms with Gasteiger partial charge in [-0.1, -0.05) is 0 Å². The molecule has 2 rings (SSSR count). The molecule has 1 aromatic rings. The van der Waals surface area contributed by atoms with E-state index in [0.717, 1.165) is 0 Å². The predicted octanol–water partition coefficient (Wildman–Crippen LogP) is 1.33. The predicted molar refractivity (Wildman–Crippen MR) is 72.0 cm³/mol. The highest BCUT2D eigenvalue weighted by atomic mass is 32.2. The number of hydrogen-bond acceptors (Lipinski definition) is 4. The van der Waals surface area contributed by atoms with Crippen molar-refractivity contribution >= 4 is 10.0 Å². The Kier molecular flexibility index (Phi) is 4.13. The van der Waals surface area contributed by atoms with E-state index in [0.29, 0.717) is 48.1 Å². The number of methoxy groups -OCH3 is 1. The standard InChI is InChI=1S/C13H19NO4S/c1-10-8-12(17-3)9-11(2)13(10)19(15,16)14-4-6-18-7-5-14/h8-9H,4-7H2,1-3H3. The largest absolute Gasteiger partial charge is 0.497 e. The van der Waals surface area contributed by atoms with Crippen LogP contribution in [0.4, 0.5) is 0 Å².